The first-order valence-electron chi connectivity index (χ1n) is 8.29. The van der Waals surface area contributed by atoms with E-state index in [9.17, 15) is 14.7 Å². The highest BCUT2D eigenvalue weighted by molar-refractivity contribution is 5.78. The minimum Gasteiger partial charge on any atom is -0.484 e. The van der Waals surface area contributed by atoms with E-state index in [1.165, 1.54) is 10.5 Å². The Hall–Kier alpha value is -2.08. The van der Waals surface area contributed by atoms with E-state index >= 15 is 0 Å². The van der Waals surface area contributed by atoms with E-state index < -0.39 is 6.10 Å². The number of carbonyl (C=O) groups excluding carboxylic acids is 2. The Kier molecular flexibility index (Phi) is 8.86. The van der Waals surface area contributed by atoms with Gasteiger partial charge in [0, 0.05) is 13.1 Å². The molecule has 0 aliphatic rings. The predicted molar refractivity (Wildman–Crippen MR) is 90.8 cm³/mol. The van der Waals surface area contributed by atoms with E-state index in [0.717, 1.165) is 6.42 Å². The number of nitrogens with zero attached hydrogens (tertiary/aromatic N) is 1. The lowest BCUT2D eigenvalue weighted by atomic mass is 10.2. The predicted octanol–water partition coefficient (Wildman–Crippen LogP) is 1.79. The van der Waals surface area contributed by atoms with Crippen molar-refractivity contribution in [1.82, 2.24) is 4.90 Å². The number of hydrogen-bond donors (Lipinski definition) is 1. The Bertz CT molecular complexity index is 513. The molecule has 0 radical (unpaired) electrons. The minimum absolute atomic E-state index is 0.0947. The molecule has 0 spiro atoms. The van der Waals surface area contributed by atoms with Crippen molar-refractivity contribution < 1.29 is 24.2 Å². The average molecular weight is 337 g/mol. The quantitative estimate of drug-likeness (QED) is 0.659. The molecule has 0 saturated heterocycles. The second-order valence-corrected chi connectivity index (χ2v) is 5.53. The third-order valence-corrected chi connectivity index (χ3v) is 3.42. The molecule has 1 aromatic carbocycles. The van der Waals surface area contributed by atoms with E-state index in [4.69, 9.17) is 9.47 Å². The Morgan fingerprint density at radius 1 is 1.21 bits per heavy atom. The molecule has 1 rings (SSSR count). The molecule has 0 aliphatic heterocycles. The molecule has 0 aromatic heterocycles. The first-order valence-corrected chi connectivity index (χ1v) is 8.29. The fraction of sp³-hybridized carbons (Fsp3) is 0.556. The molecule has 0 saturated carbocycles. The van der Waals surface area contributed by atoms with Gasteiger partial charge in [0.25, 0.3) is 5.91 Å². The summed E-state index contributed by atoms with van der Waals surface area (Å²) in [5.41, 5.74) is 1.19. The second-order valence-electron chi connectivity index (χ2n) is 5.53. The third-order valence-electron chi connectivity index (χ3n) is 3.42. The van der Waals surface area contributed by atoms with Crippen LogP contribution in [0.1, 0.15) is 32.8 Å². The summed E-state index contributed by atoms with van der Waals surface area (Å²) < 4.78 is 10.4. The summed E-state index contributed by atoms with van der Waals surface area (Å²) in [6, 6.07) is 7.55. The Labute approximate surface area is 143 Å². The molecule has 1 unspecified atom stereocenters. The topological polar surface area (TPSA) is 76.1 Å². The Morgan fingerprint density at radius 2 is 1.88 bits per heavy atom. The lowest BCUT2D eigenvalue weighted by molar-refractivity contribution is -0.144. The maximum absolute atomic E-state index is 12.3. The molecule has 6 heteroatoms. The summed E-state index contributed by atoms with van der Waals surface area (Å²) in [5, 5.41) is 9.53. The molecular weight excluding hydrogens is 310 g/mol. The van der Waals surface area contributed by atoms with Gasteiger partial charge in [0.1, 0.15) is 5.75 Å². The summed E-state index contributed by atoms with van der Waals surface area (Å²) in [5.74, 6) is -0.0281. The zero-order valence-electron chi connectivity index (χ0n) is 14.7. The lowest BCUT2D eigenvalue weighted by Crippen LogP contribution is -2.40. The van der Waals surface area contributed by atoms with Gasteiger partial charge in [-0.1, -0.05) is 19.1 Å². The minimum atomic E-state index is -0.681. The van der Waals surface area contributed by atoms with Crippen LogP contribution in [0.25, 0.3) is 0 Å². The highest BCUT2D eigenvalue weighted by Crippen LogP contribution is 2.12. The van der Waals surface area contributed by atoms with Crippen molar-refractivity contribution in [1.29, 1.82) is 0 Å². The van der Waals surface area contributed by atoms with Gasteiger partial charge in [0.2, 0.25) is 0 Å². The highest BCUT2D eigenvalue weighted by Gasteiger charge is 2.18. The van der Waals surface area contributed by atoms with Gasteiger partial charge in [0.05, 0.1) is 19.1 Å². The van der Waals surface area contributed by atoms with Crippen LogP contribution < -0.4 is 4.74 Å². The molecule has 0 heterocycles. The number of aryl methyl sites for hydroxylation is 1. The first kappa shape index (κ1) is 20.0. The van der Waals surface area contributed by atoms with Gasteiger partial charge >= 0.3 is 5.97 Å². The number of rotatable bonds is 10. The van der Waals surface area contributed by atoms with E-state index in [-0.39, 0.29) is 38.0 Å². The zero-order chi connectivity index (χ0) is 17.9. The third kappa shape index (κ3) is 7.46. The normalized spacial score (nSPS) is 11.7. The van der Waals surface area contributed by atoms with Crippen molar-refractivity contribution in [3.8, 4) is 5.75 Å². The van der Waals surface area contributed by atoms with Crippen LogP contribution in [-0.4, -0.2) is 54.3 Å². The lowest BCUT2D eigenvalue weighted by Gasteiger charge is -2.23. The zero-order valence-corrected chi connectivity index (χ0v) is 14.7. The molecule has 1 N–H and O–H groups in total. The van der Waals surface area contributed by atoms with Crippen molar-refractivity contribution in [2.45, 2.75) is 39.7 Å². The summed E-state index contributed by atoms with van der Waals surface area (Å²) in [6.45, 7) is 5.90. The van der Waals surface area contributed by atoms with Gasteiger partial charge in [-0.05, 0) is 38.0 Å². The van der Waals surface area contributed by atoms with Crippen molar-refractivity contribution in [2.75, 3.05) is 26.3 Å². The van der Waals surface area contributed by atoms with E-state index in [0.29, 0.717) is 12.4 Å². The number of amides is 1. The van der Waals surface area contributed by atoms with Crippen LogP contribution in [0.3, 0.4) is 0 Å². The van der Waals surface area contributed by atoms with Crippen molar-refractivity contribution in [3.63, 3.8) is 0 Å². The molecule has 134 valence electrons. The van der Waals surface area contributed by atoms with Gasteiger partial charge in [-0.15, -0.1) is 0 Å². The van der Waals surface area contributed by atoms with Crippen LogP contribution in [-0.2, 0) is 20.7 Å². The molecule has 1 atom stereocenters. The van der Waals surface area contributed by atoms with Gasteiger partial charge in [0.15, 0.2) is 6.61 Å². The molecule has 1 amide bonds. The maximum Gasteiger partial charge on any atom is 0.307 e. The monoisotopic (exact) mass is 337 g/mol. The number of esters is 1. The molecular formula is C18H27NO5. The standard InChI is InChI=1S/C18H27NO5/c1-4-15-6-8-16(9-7-15)24-13-17(21)19(12-14(3)20)11-10-18(22)23-5-2/h6-9,14,20H,4-5,10-13H2,1-3H3. The Balaban J connectivity index is 2.54. The summed E-state index contributed by atoms with van der Waals surface area (Å²) in [4.78, 5) is 25.1. The van der Waals surface area contributed by atoms with Gasteiger partial charge < -0.3 is 19.5 Å². The largest absolute Gasteiger partial charge is 0.484 e. The number of benzene rings is 1. The van der Waals surface area contributed by atoms with E-state index in [1.54, 1.807) is 13.8 Å². The maximum atomic E-state index is 12.3. The smallest absolute Gasteiger partial charge is 0.307 e. The first-order chi connectivity index (χ1) is 11.5. The fourth-order valence-electron chi connectivity index (χ4n) is 2.15. The molecule has 0 bridgehead atoms. The van der Waals surface area contributed by atoms with E-state index in [2.05, 4.69) is 6.92 Å². The van der Waals surface area contributed by atoms with Crippen LogP contribution in [0, 0.1) is 0 Å². The van der Waals surface area contributed by atoms with Crippen molar-refractivity contribution >= 4 is 11.9 Å². The van der Waals surface area contributed by atoms with Crippen LogP contribution in [0.15, 0.2) is 24.3 Å². The summed E-state index contributed by atoms with van der Waals surface area (Å²) >= 11 is 0. The fourth-order valence-corrected chi connectivity index (χ4v) is 2.15. The van der Waals surface area contributed by atoms with Crippen molar-refractivity contribution in [2.24, 2.45) is 0 Å². The van der Waals surface area contributed by atoms with Gasteiger partial charge in [-0.3, -0.25) is 9.59 Å². The van der Waals surface area contributed by atoms with Crippen LogP contribution in [0.2, 0.25) is 0 Å². The molecule has 1 aromatic rings. The van der Waals surface area contributed by atoms with E-state index in [1.807, 2.05) is 24.3 Å². The van der Waals surface area contributed by atoms with Crippen LogP contribution in [0.4, 0.5) is 0 Å². The second kappa shape index (κ2) is 10.6. The number of aliphatic hydroxyl groups is 1. The van der Waals surface area contributed by atoms with Crippen LogP contribution >= 0.6 is 0 Å². The van der Waals surface area contributed by atoms with Gasteiger partial charge in [-0.2, -0.15) is 0 Å². The number of ether oxygens (including phenoxy) is 2. The van der Waals surface area contributed by atoms with Crippen LogP contribution in [0.5, 0.6) is 5.75 Å². The van der Waals surface area contributed by atoms with Crippen molar-refractivity contribution in [3.05, 3.63) is 29.8 Å². The number of hydrogen-bond acceptors (Lipinski definition) is 5. The molecule has 24 heavy (non-hydrogen) atoms. The summed E-state index contributed by atoms with van der Waals surface area (Å²) in [6.07, 6.45) is 0.354. The molecule has 0 aliphatic carbocycles. The Morgan fingerprint density at radius 3 is 2.42 bits per heavy atom. The highest BCUT2D eigenvalue weighted by atomic mass is 16.5. The summed E-state index contributed by atoms with van der Waals surface area (Å²) in [7, 11) is 0. The van der Waals surface area contributed by atoms with Gasteiger partial charge in [-0.25, -0.2) is 0 Å². The SMILES string of the molecule is CCOC(=O)CCN(CC(C)O)C(=O)COc1ccc(CC)cc1. The average Bonchev–Trinajstić information content (AvgIpc) is 2.56. The number of carbonyl (C=O) groups is 2. The number of aliphatic hydroxyl groups excluding tert-OH is 1. The molecule has 0 fully saturated rings. The molecule has 6 nitrogen and oxygen atoms in total.